The van der Waals surface area contributed by atoms with Crippen LogP contribution in [0.3, 0.4) is 0 Å². The summed E-state index contributed by atoms with van der Waals surface area (Å²) in [6, 6.07) is 12.3. The summed E-state index contributed by atoms with van der Waals surface area (Å²) in [6.45, 7) is -0.219. The monoisotopic (exact) mass is 445 g/mol. The van der Waals surface area contributed by atoms with Crippen molar-refractivity contribution in [3.63, 3.8) is 0 Å². The van der Waals surface area contributed by atoms with E-state index in [1.165, 1.54) is 17.2 Å². The van der Waals surface area contributed by atoms with Crippen molar-refractivity contribution >= 4 is 63.6 Å². The number of nitrogens with zero attached hydrogens (tertiary/aromatic N) is 2. The van der Waals surface area contributed by atoms with Crippen molar-refractivity contribution in [2.45, 2.75) is 0 Å². The summed E-state index contributed by atoms with van der Waals surface area (Å²) in [5.41, 5.74) is 0.867. The lowest BCUT2D eigenvalue weighted by Crippen LogP contribution is -2.36. The number of amides is 2. The Balaban J connectivity index is 1.46. The molecule has 1 fully saturated rings. The third-order valence-electron chi connectivity index (χ3n) is 3.91. The Morgan fingerprint density at radius 3 is 2.76 bits per heavy atom. The number of benzene rings is 1. The van der Waals surface area contributed by atoms with Crippen molar-refractivity contribution in [1.82, 2.24) is 10.1 Å². The van der Waals surface area contributed by atoms with Gasteiger partial charge in [0, 0.05) is 22.7 Å². The number of aromatic nitrogens is 1. The van der Waals surface area contributed by atoms with Gasteiger partial charge in [-0.15, -0.1) is 0 Å². The molecule has 2 amide bonds. The molecule has 146 valence electrons. The van der Waals surface area contributed by atoms with E-state index in [0.717, 1.165) is 17.3 Å². The number of hydrogen-bond acceptors (Lipinski definition) is 7. The number of carbonyl (C=O) groups is 2. The first-order valence-corrected chi connectivity index (χ1v) is 9.91. The average molecular weight is 446 g/mol. The Morgan fingerprint density at radius 1 is 1.24 bits per heavy atom. The van der Waals surface area contributed by atoms with Crippen molar-refractivity contribution in [3.05, 3.63) is 64.4 Å². The number of halogens is 1. The highest BCUT2D eigenvalue weighted by Crippen LogP contribution is 2.33. The molecule has 0 atom stereocenters. The lowest BCUT2D eigenvalue weighted by molar-refractivity contribution is -0.126. The van der Waals surface area contributed by atoms with Gasteiger partial charge in [-0.25, -0.2) is 0 Å². The van der Waals surface area contributed by atoms with Crippen molar-refractivity contribution in [2.75, 3.05) is 11.9 Å². The van der Waals surface area contributed by atoms with Gasteiger partial charge in [-0.3, -0.25) is 14.5 Å². The highest BCUT2D eigenvalue weighted by atomic mass is 35.5. The predicted octanol–water partition coefficient (Wildman–Crippen LogP) is 4.43. The van der Waals surface area contributed by atoms with Gasteiger partial charge in [0.25, 0.3) is 5.91 Å². The summed E-state index contributed by atoms with van der Waals surface area (Å²) in [5.74, 6) is 0.624. The second-order valence-electron chi connectivity index (χ2n) is 5.91. The molecular formula is C19H12ClN3O4S2. The summed E-state index contributed by atoms with van der Waals surface area (Å²) in [5, 5.41) is 6.75. The quantitative estimate of drug-likeness (QED) is 0.459. The Morgan fingerprint density at radius 2 is 2.03 bits per heavy atom. The SMILES string of the molecule is O=C(CN1C(=O)/C(=C/c2ccc(-c3ccc(Cl)cc3)o2)SC1=S)Nc1ccon1. The van der Waals surface area contributed by atoms with Gasteiger partial charge in [0.2, 0.25) is 5.91 Å². The summed E-state index contributed by atoms with van der Waals surface area (Å²) in [7, 11) is 0. The molecule has 0 saturated carbocycles. The summed E-state index contributed by atoms with van der Waals surface area (Å²) in [4.78, 5) is 26.4. The molecule has 1 N–H and O–H groups in total. The average Bonchev–Trinajstić information content (AvgIpc) is 3.42. The number of thiocarbonyl (C=S) groups is 1. The fourth-order valence-electron chi connectivity index (χ4n) is 2.57. The maximum atomic E-state index is 12.7. The third kappa shape index (κ3) is 4.42. The molecule has 0 radical (unpaired) electrons. The zero-order valence-corrected chi connectivity index (χ0v) is 17.0. The first-order valence-electron chi connectivity index (χ1n) is 8.31. The molecule has 1 aliphatic rings. The van der Waals surface area contributed by atoms with Crippen LogP contribution >= 0.6 is 35.6 Å². The maximum absolute atomic E-state index is 12.7. The Labute approximate surface area is 179 Å². The van der Waals surface area contributed by atoms with E-state index in [9.17, 15) is 9.59 Å². The number of anilines is 1. The van der Waals surface area contributed by atoms with E-state index in [2.05, 4.69) is 15.0 Å². The Bertz CT molecular complexity index is 1110. The summed E-state index contributed by atoms with van der Waals surface area (Å²) in [6.07, 6.45) is 2.94. The van der Waals surface area contributed by atoms with Crippen LogP contribution in [0.2, 0.25) is 5.02 Å². The molecule has 0 unspecified atom stereocenters. The molecular weight excluding hydrogens is 434 g/mol. The van der Waals surface area contributed by atoms with Crippen LogP contribution < -0.4 is 5.32 Å². The fraction of sp³-hybridized carbons (Fsp3) is 0.0526. The number of carbonyl (C=O) groups excluding carboxylic acids is 2. The van der Waals surface area contributed by atoms with E-state index >= 15 is 0 Å². The molecule has 10 heteroatoms. The van der Waals surface area contributed by atoms with Gasteiger partial charge in [0.05, 0.1) is 4.91 Å². The Hall–Kier alpha value is -2.88. The highest BCUT2D eigenvalue weighted by molar-refractivity contribution is 8.26. The lowest BCUT2D eigenvalue weighted by atomic mass is 10.2. The zero-order chi connectivity index (χ0) is 20.4. The predicted molar refractivity (Wildman–Crippen MR) is 114 cm³/mol. The summed E-state index contributed by atoms with van der Waals surface area (Å²) < 4.78 is 10.7. The maximum Gasteiger partial charge on any atom is 0.266 e. The molecule has 1 aliphatic heterocycles. The van der Waals surface area contributed by atoms with Crippen LogP contribution in [0.1, 0.15) is 5.76 Å². The second kappa shape index (κ2) is 8.24. The van der Waals surface area contributed by atoms with Gasteiger partial charge >= 0.3 is 0 Å². The largest absolute Gasteiger partial charge is 0.457 e. The number of nitrogens with one attached hydrogen (secondary N) is 1. The van der Waals surface area contributed by atoms with E-state index in [0.29, 0.717) is 25.8 Å². The highest BCUT2D eigenvalue weighted by Gasteiger charge is 2.33. The van der Waals surface area contributed by atoms with Gasteiger partial charge in [0.1, 0.15) is 28.6 Å². The second-order valence-corrected chi connectivity index (χ2v) is 8.02. The molecule has 0 spiro atoms. The molecule has 0 bridgehead atoms. The van der Waals surface area contributed by atoms with E-state index in [4.69, 9.17) is 28.2 Å². The Kier molecular flexibility index (Phi) is 5.52. The fourth-order valence-corrected chi connectivity index (χ4v) is 3.93. The first-order chi connectivity index (χ1) is 14.0. The molecule has 3 heterocycles. The minimum atomic E-state index is -0.431. The normalized spacial score (nSPS) is 15.3. The number of rotatable bonds is 5. The molecule has 29 heavy (non-hydrogen) atoms. The zero-order valence-electron chi connectivity index (χ0n) is 14.6. The lowest BCUT2D eigenvalue weighted by Gasteiger charge is -2.13. The standard InChI is InChI=1S/C19H12ClN3O4S2/c20-12-3-1-11(2-4-12)14-6-5-13(27-14)9-15-18(25)23(19(28)29-15)10-17(24)21-16-7-8-26-22-16/h1-9H,10H2,(H,21,22,24)/b15-9-. The van der Waals surface area contributed by atoms with Crippen molar-refractivity contribution in [1.29, 1.82) is 0 Å². The molecule has 2 aromatic heterocycles. The summed E-state index contributed by atoms with van der Waals surface area (Å²) >= 11 is 12.3. The topological polar surface area (TPSA) is 88.6 Å². The van der Waals surface area contributed by atoms with Crippen molar-refractivity contribution < 1.29 is 18.5 Å². The van der Waals surface area contributed by atoms with Gasteiger partial charge in [-0.05, 0) is 36.4 Å². The van der Waals surface area contributed by atoms with Crippen LogP contribution in [-0.2, 0) is 9.59 Å². The van der Waals surface area contributed by atoms with Gasteiger partial charge in [-0.2, -0.15) is 0 Å². The molecule has 3 aromatic rings. The van der Waals surface area contributed by atoms with Gasteiger partial charge in [-0.1, -0.05) is 40.7 Å². The van der Waals surface area contributed by atoms with Crippen LogP contribution in [0.15, 0.2) is 62.6 Å². The van der Waals surface area contributed by atoms with Crippen LogP contribution in [0, 0.1) is 0 Å². The first kappa shape index (κ1) is 19.4. The van der Waals surface area contributed by atoms with Crippen molar-refractivity contribution in [2.24, 2.45) is 0 Å². The van der Waals surface area contributed by atoms with E-state index in [1.54, 1.807) is 30.3 Å². The minimum Gasteiger partial charge on any atom is -0.457 e. The number of furan rings is 1. The molecule has 1 aromatic carbocycles. The van der Waals surface area contributed by atoms with E-state index in [1.807, 2.05) is 12.1 Å². The number of thioether (sulfide) groups is 1. The van der Waals surface area contributed by atoms with E-state index < -0.39 is 5.91 Å². The molecule has 0 aliphatic carbocycles. The van der Waals surface area contributed by atoms with Crippen LogP contribution in [0.4, 0.5) is 5.82 Å². The van der Waals surface area contributed by atoms with Crippen molar-refractivity contribution in [3.8, 4) is 11.3 Å². The van der Waals surface area contributed by atoms with Crippen LogP contribution in [0.25, 0.3) is 17.4 Å². The molecule has 4 rings (SSSR count). The smallest absolute Gasteiger partial charge is 0.266 e. The van der Waals surface area contributed by atoms with Crippen LogP contribution in [-0.4, -0.2) is 32.7 Å². The van der Waals surface area contributed by atoms with Gasteiger partial charge < -0.3 is 14.3 Å². The minimum absolute atomic E-state index is 0.219. The van der Waals surface area contributed by atoms with Crippen LogP contribution in [0.5, 0.6) is 0 Å². The van der Waals surface area contributed by atoms with E-state index in [-0.39, 0.29) is 18.3 Å². The molecule has 7 nitrogen and oxygen atoms in total. The van der Waals surface area contributed by atoms with Gasteiger partial charge in [0.15, 0.2) is 5.82 Å². The third-order valence-corrected chi connectivity index (χ3v) is 5.54. The molecule has 1 saturated heterocycles. The number of hydrogen-bond donors (Lipinski definition) is 1.